The van der Waals surface area contributed by atoms with Gasteiger partial charge in [-0.1, -0.05) is 24.0 Å². The molecule has 0 fully saturated rings. The third-order valence-electron chi connectivity index (χ3n) is 2.85. The van der Waals surface area contributed by atoms with Crippen molar-refractivity contribution in [1.29, 1.82) is 0 Å². The van der Waals surface area contributed by atoms with E-state index in [1.807, 2.05) is 36.4 Å². The summed E-state index contributed by atoms with van der Waals surface area (Å²) in [4.78, 5) is 11.9. The first kappa shape index (κ1) is 14.7. The summed E-state index contributed by atoms with van der Waals surface area (Å²) in [6.45, 7) is 2.13. The van der Waals surface area contributed by atoms with Crippen LogP contribution in [0.25, 0.3) is 0 Å². The van der Waals surface area contributed by atoms with Gasteiger partial charge in [0.15, 0.2) is 0 Å². The van der Waals surface area contributed by atoms with E-state index >= 15 is 0 Å². The van der Waals surface area contributed by atoms with Crippen LogP contribution in [0.4, 0.5) is 0 Å². The number of ether oxygens (including phenoxy) is 2. The molecule has 0 aliphatic carbocycles. The number of methoxy groups -OCH3 is 1. The van der Waals surface area contributed by atoms with E-state index in [1.54, 1.807) is 26.2 Å². The Kier molecular flexibility index (Phi) is 5.00. The Hall–Kier alpha value is -2.73. The van der Waals surface area contributed by atoms with E-state index < -0.39 is 0 Å². The summed E-state index contributed by atoms with van der Waals surface area (Å²) in [6.07, 6.45) is 0. The minimum Gasteiger partial charge on any atom is -0.497 e. The van der Waals surface area contributed by atoms with Gasteiger partial charge in [-0.2, -0.15) is 0 Å². The summed E-state index contributed by atoms with van der Waals surface area (Å²) in [6, 6.07) is 14.6. The molecule has 0 heterocycles. The lowest BCUT2D eigenvalue weighted by atomic mass is 10.1. The second kappa shape index (κ2) is 7.16. The molecule has 0 saturated carbocycles. The first-order valence-electron chi connectivity index (χ1n) is 6.67. The molecule has 21 heavy (non-hydrogen) atoms. The molecule has 0 amide bonds. The molecule has 0 radical (unpaired) electrons. The molecule has 0 aliphatic heterocycles. The summed E-state index contributed by atoms with van der Waals surface area (Å²) in [5.74, 6) is 6.49. The molecular formula is C18H16O3. The highest BCUT2D eigenvalue weighted by atomic mass is 16.5. The van der Waals surface area contributed by atoms with Crippen molar-refractivity contribution >= 4 is 5.97 Å². The average molecular weight is 280 g/mol. The number of hydrogen-bond donors (Lipinski definition) is 0. The molecule has 2 aromatic carbocycles. The first-order chi connectivity index (χ1) is 10.2. The van der Waals surface area contributed by atoms with Gasteiger partial charge in [0.2, 0.25) is 0 Å². The lowest BCUT2D eigenvalue weighted by molar-refractivity contribution is 0.0526. The number of esters is 1. The van der Waals surface area contributed by atoms with E-state index in [4.69, 9.17) is 9.47 Å². The van der Waals surface area contributed by atoms with E-state index in [1.165, 1.54) is 0 Å². The number of benzene rings is 2. The fourth-order valence-electron chi connectivity index (χ4n) is 1.79. The normalized spacial score (nSPS) is 9.43. The van der Waals surface area contributed by atoms with Crippen LogP contribution in [-0.4, -0.2) is 19.7 Å². The van der Waals surface area contributed by atoms with Gasteiger partial charge in [0.25, 0.3) is 0 Å². The molecule has 0 N–H and O–H groups in total. The fourth-order valence-corrected chi connectivity index (χ4v) is 1.79. The highest BCUT2D eigenvalue weighted by molar-refractivity contribution is 5.92. The van der Waals surface area contributed by atoms with Crippen LogP contribution in [0.5, 0.6) is 5.75 Å². The summed E-state index contributed by atoms with van der Waals surface area (Å²) >= 11 is 0. The van der Waals surface area contributed by atoms with Gasteiger partial charge in [0.1, 0.15) is 5.75 Å². The van der Waals surface area contributed by atoms with Crippen LogP contribution in [0.15, 0.2) is 48.5 Å². The van der Waals surface area contributed by atoms with Crippen molar-refractivity contribution in [2.45, 2.75) is 6.92 Å². The first-order valence-corrected chi connectivity index (χ1v) is 6.67. The van der Waals surface area contributed by atoms with Crippen molar-refractivity contribution < 1.29 is 14.3 Å². The molecular weight excluding hydrogens is 264 g/mol. The number of hydrogen-bond acceptors (Lipinski definition) is 3. The third kappa shape index (κ3) is 3.87. The van der Waals surface area contributed by atoms with Crippen LogP contribution < -0.4 is 4.74 Å². The van der Waals surface area contributed by atoms with Gasteiger partial charge in [-0.3, -0.25) is 0 Å². The Morgan fingerprint density at radius 1 is 1.05 bits per heavy atom. The second-order valence-electron chi connectivity index (χ2n) is 4.24. The number of carbonyl (C=O) groups excluding carboxylic acids is 1. The van der Waals surface area contributed by atoms with E-state index in [-0.39, 0.29) is 5.97 Å². The fraction of sp³-hybridized carbons (Fsp3) is 0.167. The minimum atomic E-state index is -0.350. The summed E-state index contributed by atoms with van der Waals surface area (Å²) < 4.78 is 10.1. The van der Waals surface area contributed by atoms with E-state index in [2.05, 4.69) is 11.8 Å². The van der Waals surface area contributed by atoms with Crippen molar-refractivity contribution in [3.63, 3.8) is 0 Å². The minimum absolute atomic E-state index is 0.346. The Morgan fingerprint density at radius 3 is 2.43 bits per heavy atom. The zero-order valence-electron chi connectivity index (χ0n) is 12.1. The predicted octanol–water partition coefficient (Wildman–Crippen LogP) is 3.27. The van der Waals surface area contributed by atoms with Crippen LogP contribution >= 0.6 is 0 Å². The number of carbonyl (C=O) groups is 1. The highest BCUT2D eigenvalue weighted by Gasteiger charge is 2.09. The van der Waals surface area contributed by atoms with E-state index in [0.29, 0.717) is 17.7 Å². The Balaban J connectivity index is 2.27. The van der Waals surface area contributed by atoms with Crippen molar-refractivity contribution in [3.8, 4) is 17.6 Å². The molecule has 106 valence electrons. The van der Waals surface area contributed by atoms with Gasteiger partial charge in [-0.05, 0) is 43.3 Å². The molecule has 0 saturated heterocycles. The topological polar surface area (TPSA) is 35.5 Å². The van der Waals surface area contributed by atoms with E-state index in [0.717, 1.165) is 11.3 Å². The molecule has 2 rings (SSSR count). The standard InChI is InChI=1S/C18H16O3/c1-3-21-18(19)17-7-5-4-6-15(17)11-8-14-9-12-16(20-2)13-10-14/h4-7,9-10,12-13H,3H2,1-2H3. The monoisotopic (exact) mass is 280 g/mol. The summed E-state index contributed by atoms with van der Waals surface area (Å²) in [5, 5.41) is 0. The maximum atomic E-state index is 11.9. The second-order valence-corrected chi connectivity index (χ2v) is 4.24. The van der Waals surface area contributed by atoms with Gasteiger partial charge in [0.05, 0.1) is 19.3 Å². The smallest absolute Gasteiger partial charge is 0.339 e. The van der Waals surface area contributed by atoms with E-state index in [9.17, 15) is 4.79 Å². The SMILES string of the molecule is CCOC(=O)c1ccccc1C#Cc1ccc(OC)cc1. The van der Waals surface area contributed by atoms with Crippen molar-refractivity contribution in [3.05, 3.63) is 65.2 Å². The molecule has 3 heteroatoms. The van der Waals surface area contributed by atoms with Gasteiger partial charge in [0, 0.05) is 11.1 Å². The zero-order chi connectivity index (χ0) is 15.1. The van der Waals surface area contributed by atoms with Crippen molar-refractivity contribution in [1.82, 2.24) is 0 Å². The Morgan fingerprint density at radius 2 is 1.76 bits per heavy atom. The van der Waals surface area contributed by atoms with Crippen LogP contribution in [-0.2, 0) is 4.74 Å². The van der Waals surface area contributed by atoms with Gasteiger partial charge >= 0.3 is 5.97 Å². The lowest BCUT2D eigenvalue weighted by Crippen LogP contribution is -2.06. The molecule has 2 aromatic rings. The third-order valence-corrected chi connectivity index (χ3v) is 2.85. The lowest BCUT2D eigenvalue weighted by Gasteiger charge is -2.03. The molecule has 0 unspecified atom stereocenters. The summed E-state index contributed by atoms with van der Waals surface area (Å²) in [5.41, 5.74) is 2.00. The predicted molar refractivity (Wildman–Crippen MR) is 81.4 cm³/mol. The average Bonchev–Trinajstić information content (AvgIpc) is 2.54. The Labute approximate surface area is 124 Å². The highest BCUT2D eigenvalue weighted by Crippen LogP contribution is 2.12. The molecule has 0 bridgehead atoms. The Bertz CT molecular complexity index is 676. The van der Waals surface area contributed by atoms with Crippen LogP contribution in [0.1, 0.15) is 28.4 Å². The molecule has 0 spiro atoms. The maximum absolute atomic E-state index is 11.9. The van der Waals surface area contributed by atoms with Crippen molar-refractivity contribution in [2.24, 2.45) is 0 Å². The molecule has 3 nitrogen and oxygen atoms in total. The van der Waals surface area contributed by atoms with Crippen molar-refractivity contribution in [2.75, 3.05) is 13.7 Å². The maximum Gasteiger partial charge on any atom is 0.339 e. The van der Waals surface area contributed by atoms with Gasteiger partial charge < -0.3 is 9.47 Å². The number of rotatable bonds is 3. The zero-order valence-corrected chi connectivity index (χ0v) is 12.1. The molecule has 0 aliphatic rings. The molecule has 0 atom stereocenters. The van der Waals surface area contributed by atoms with Crippen LogP contribution in [0.2, 0.25) is 0 Å². The molecule has 0 aromatic heterocycles. The van der Waals surface area contributed by atoms with Crippen LogP contribution in [0, 0.1) is 11.8 Å². The van der Waals surface area contributed by atoms with Crippen LogP contribution in [0.3, 0.4) is 0 Å². The van der Waals surface area contributed by atoms with Gasteiger partial charge in [-0.15, -0.1) is 0 Å². The van der Waals surface area contributed by atoms with Gasteiger partial charge in [-0.25, -0.2) is 4.79 Å². The quantitative estimate of drug-likeness (QED) is 0.639. The largest absolute Gasteiger partial charge is 0.497 e. The summed E-state index contributed by atoms with van der Waals surface area (Å²) in [7, 11) is 1.62.